The van der Waals surface area contributed by atoms with Gasteiger partial charge < -0.3 is 10.3 Å². The van der Waals surface area contributed by atoms with Crippen molar-refractivity contribution in [1.82, 2.24) is 10.3 Å². The van der Waals surface area contributed by atoms with Gasteiger partial charge in [-0.25, -0.2) is 0 Å². The van der Waals surface area contributed by atoms with Crippen LogP contribution in [0, 0.1) is 10.9 Å². The van der Waals surface area contributed by atoms with Crippen molar-refractivity contribution < 1.29 is 4.79 Å². The van der Waals surface area contributed by atoms with E-state index in [-0.39, 0.29) is 5.91 Å². The Balaban J connectivity index is 1.98. The van der Waals surface area contributed by atoms with Crippen LogP contribution in [-0.2, 0) is 11.2 Å². The molecule has 0 aliphatic heterocycles. The van der Waals surface area contributed by atoms with E-state index in [4.69, 9.17) is 12.2 Å². The summed E-state index contributed by atoms with van der Waals surface area (Å²) in [4.78, 5) is 15.6. The van der Waals surface area contributed by atoms with Crippen LogP contribution in [-0.4, -0.2) is 16.9 Å². The van der Waals surface area contributed by atoms with Crippen LogP contribution in [0.1, 0.15) is 23.4 Å². The van der Waals surface area contributed by atoms with Crippen molar-refractivity contribution in [3.63, 3.8) is 0 Å². The Morgan fingerprint density at radius 2 is 2.43 bits per heavy atom. The molecule has 1 aromatic rings. The fraction of sp³-hybridized carbons (Fsp3) is 0.556. The lowest BCUT2D eigenvalue weighted by molar-refractivity contribution is -0.120. The molecule has 0 bridgehead atoms. The van der Waals surface area contributed by atoms with Crippen LogP contribution >= 0.6 is 23.6 Å². The number of H-pyrrole nitrogens is 1. The third-order valence-corrected chi connectivity index (χ3v) is 3.52. The van der Waals surface area contributed by atoms with Crippen molar-refractivity contribution in [3.05, 3.63) is 14.5 Å². The molecule has 2 N–H and O–H groups in total. The van der Waals surface area contributed by atoms with E-state index in [0.29, 0.717) is 12.5 Å². The highest BCUT2D eigenvalue weighted by atomic mass is 32.1. The zero-order chi connectivity index (χ0) is 10.1. The lowest BCUT2D eigenvalue weighted by atomic mass is 10.3. The predicted octanol–water partition coefficient (Wildman–Crippen LogP) is 1.94. The highest BCUT2D eigenvalue weighted by Crippen LogP contribution is 2.20. The molecule has 5 heteroatoms. The maximum absolute atomic E-state index is 11.5. The van der Waals surface area contributed by atoms with E-state index in [0.717, 1.165) is 27.4 Å². The lowest BCUT2D eigenvalue weighted by Gasteiger charge is -2.01. The molecule has 1 fully saturated rings. The number of hydrogen-bond acceptors (Lipinski definition) is 3. The van der Waals surface area contributed by atoms with E-state index in [2.05, 4.69) is 10.3 Å². The molecule has 0 aromatic carbocycles. The Hall–Kier alpha value is -0.680. The van der Waals surface area contributed by atoms with Gasteiger partial charge in [-0.05, 0) is 32.0 Å². The first-order valence-corrected chi connectivity index (χ1v) is 5.85. The van der Waals surface area contributed by atoms with Gasteiger partial charge in [-0.2, -0.15) is 0 Å². The zero-order valence-electron chi connectivity index (χ0n) is 7.92. The Kier molecular flexibility index (Phi) is 2.69. The van der Waals surface area contributed by atoms with Crippen molar-refractivity contribution in [2.24, 2.45) is 0 Å². The lowest BCUT2D eigenvalue weighted by Crippen LogP contribution is -2.26. The quantitative estimate of drug-likeness (QED) is 0.777. The van der Waals surface area contributed by atoms with E-state index in [9.17, 15) is 4.79 Å². The SMILES string of the molecule is Cc1[nH]c(=S)sc1CC(=O)NC1CC1. The minimum atomic E-state index is 0.112. The Morgan fingerprint density at radius 1 is 1.71 bits per heavy atom. The van der Waals surface area contributed by atoms with E-state index in [1.807, 2.05) is 6.92 Å². The summed E-state index contributed by atoms with van der Waals surface area (Å²) < 4.78 is 0.747. The number of carbonyl (C=O) groups excluding carboxylic acids is 1. The first-order chi connectivity index (χ1) is 6.65. The summed E-state index contributed by atoms with van der Waals surface area (Å²) in [6.07, 6.45) is 2.72. The molecule has 1 aliphatic carbocycles. The van der Waals surface area contributed by atoms with Gasteiger partial charge >= 0.3 is 0 Å². The molecular weight excluding hydrogens is 216 g/mol. The number of aromatic amines is 1. The van der Waals surface area contributed by atoms with E-state index in [1.165, 1.54) is 11.3 Å². The Labute approximate surface area is 91.5 Å². The van der Waals surface area contributed by atoms with Gasteiger partial charge in [0.05, 0.1) is 6.42 Å². The van der Waals surface area contributed by atoms with Crippen LogP contribution < -0.4 is 5.32 Å². The summed E-state index contributed by atoms with van der Waals surface area (Å²) in [6, 6.07) is 0.440. The number of nitrogens with one attached hydrogen (secondary N) is 2. The first-order valence-electron chi connectivity index (χ1n) is 4.63. The van der Waals surface area contributed by atoms with Crippen molar-refractivity contribution in [2.45, 2.75) is 32.2 Å². The van der Waals surface area contributed by atoms with Gasteiger partial charge in [0.15, 0.2) is 3.95 Å². The van der Waals surface area contributed by atoms with Gasteiger partial charge in [-0.3, -0.25) is 4.79 Å². The summed E-state index contributed by atoms with van der Waals surface area (Å²) in [5, 5.41) is 2.96. The summed E-state index contributed by atoms with van der Waals surface area (Å²) in [6.45, 7) is 1.95. The number of aryl methyl sites for hydroxylation is 1. The predicted molar refractivity (Wildman–Crippen MR) is 59.1 cm³/mol. The standard InChI is InChI=1S/C9H12N2OS2/c1-5-7(14-9(13)10-5)4-8(12)11-6-2-3-6/h6H,2-4H2,1H3,(H,10,13)(H,11,12). The van der Waals surface area contributed by atoms with Crippen LogP contribution in [0.4, 0.5) is 0 Å². The molecule has 0 spiro atoms. The molecule has 1 saturated carbocycles. The number of hydrogen-bond donors (Lipinski definition) is 2. The van der Waals surface area contributed by atoms with Crippen molar-refractivity contribution in [3.8, 4) is 0 Å². The minimum Gasteiger partial charge on any atom is -0.353 e. The average Bonchev–Trinajstić information content (AvgIpc) is 2.81. The van der Waals surface area contributed by atoms with Crippen LogP contribution in [0.2, 0.25) is 0 Å². The van der Waals surface area contributed by atoms with Crippen LogP contribution in [0.15, 0.2) is 0 Å². The second-order valence-electron chi connectivity index (χ2n) is 3.58. The molecule has 14 heavy (non-hydrogen) atoms. The molecule has 0 atom stereocenters. The molecule has 1 amide bonds. The maximum atomic E-state index is 11.5. The van der Waals surface area contributed by atoms with Crippen LogP contribution in [0.5, 0.6) is 0 Å². The molecule has 1 aromatic heterocycles. The van der Waals surface area contributed by atoms with Crippen molar-refractivity contribution >= 4 is 29.5 Å². The normalized spacial score (nSPS) is 15.5. The number of thiazole rings is 1. The molecule has 0 saturated heterocycles. The van der Waals surface area contributed by atoms with Crippen molar-refractivity contribution in [2.75, 3.05) is 0 Å². The fourth-order valence-electron chi connectivity index (χ4n) is 1.26. The third kappa shape index (κ3) is 2.42. The van der Waals surface area contributed by atoms with E-state index in [1.54, 1.807) is 0 Å². The number of aromatic nitrogens is 1. The Morgan fingerprint density at radius 3 is 2.93 bits per heavy atom. The largest absolute Gasteiger partial charge is 0.353 e. The number of carbonyl (C=O) groups is 1. The summed E-state index contributed by atoms with van der Waals surface area (Å²) >= 11 is 6.49. The fourth-order valence-corrected chi connectivity index (χ4v) is 2.55. The molecule has 0 radical (unpaired) electrons. The van der Waals surface area contributed by atoms with Gasteiger partial charge in [-0.1, -0.05) is 0 Å². The monoisotopic (exact) mass is 228 g/mol. The highest BCUT2D eigenvalue weighted by Gasteiger charge is 2.23. The summed E-state index contributed by atoms with van der Waals surface area (Å²) in [5.41, 5.74) is 1.02. The molecule has 1 aliphatic rings. The number of rotatable bonds is 3. The average molecular weight is 228 g/mol. The van der Waals surface area contributed by atoms with E-state index < -0.39 is 0 Å². The number of amides is 1. The third-order valence-electron chi connectivity index (χ3n) is 2.19. The van der Waals surface area contributed by atoms with Gasteiger partial charge in [-0.15, -0.1) is 11.3 Å². The summed E-state index contributed by atoms with van der Waals surface area (Å²) in [5.74, 6) is 0.112. The minimum absolute atomic E-state index is 0.112. The van der Waals surface area contributed by atoms with Crippen LogP contribution in [0.3, 0.4) is 0 Å². The smallest absolute Gasteiger partial charge is 0.225 e. The second-order valence-corrected chi connectivity index (χ2v) is 5.35. The Bertz CT molecular complexity index is 403. The summed E-state index contributed by atoms with van der Waals surface area (Å²) in [7, 11) is 0. The van der Waals surface area contributed by atoms with Gasteiger partial charge in [0.1, 0.15) is 0 Å². The highest BCUT2D eigenvalue weighted by molar-refractivity contribution is 7.73. The van der Waals surface area contributed by atoms with Gasteiger partial charge in [0, 0.05) is 16.6 Å². The molecule has 3 nitrogen and oxygen atoms in total. The van der Waals surface area contributed by atoms with Crippen LogP contribution in [0.25, 0.3) is 0 Å². The molecule has 2 rings (SSSR count). The first kappa shape index (κ1) is 9.86. The second kappa shape index (κ2) is 3.82. The molecular formula is C9H12N2OS2. The zero-order valence-corrected chi connectivity index (χ0v) is 9.56. The maximum Gasteiger partial charge on any atom is 0.225 e. The van der Waals surface area contributed by atoms with Crippen molar-refractivity contribution in [1.29, 1.82) is 0 Å². The molecule has 76 valence electrons. The topological polar surface area (TPSA) is 44.9 Å². The van der Waals surface area contributed by atoms with Gasteiger partial charge in [0.2, 0.25) is 5.91 Å². The van der Waals surface area contributed by atoms with E-state index >= 15 is 0 Å². The molecule has 0 unspecified atom stereocenters. The molecule has 1 heterocycles. The van der Waals surface area contributed by atoms with Gasteiger partial charge in [0.25, 0.3) is 0 Å².